The maximum Gasteiger partial charge on any atom is 0.173 e. The molecule has 3 rings (SSSR count). The van der Waals surface area contributed by atoms with E-state index in [1.807, 2.05) is 18.2 Å². The van der Waals surface area contributed by atoms with Gasteiger partial charge in [0.2, 0.25) is 0 Å². The monoisotopic (exact) mass is 372 g/mol. The lowest BCUT2D eigenvalue weighted by Crippen LogP contribution is -2.41. The summed E-state index contributed by atoms with van der Waals surface area (Å²) < 4.78 is 0. The molecule has 0 radical (unpaired) electrons. The largest absolute Gasteiger partial charge is 0.342 e. The van der Waals surface area contributed by atoms with Gasteiger partial charge in [-0.25, -0.2) is 0 Å². The quantitative estimate of drug-likeness (QED) is 0.643. The van der Waals surface area contributed by atoms with Crippen molar-refractivity contribution >= 4 is 34.6 Å². The highest BCUT2D eigenvalue weighted by molar-refractivity contribution is 7.80. The molecule has 2 aromatic carbocycles. The van der Waals surface area contributed by atoms with Crippen molar-refractivity contribution in [2.75, 3.05) is 5.32 Å². The van der Waals surface area contributed by atoms with E-state index >= 15 is 0 Å². The second kappa shape index (κ2) is 8.68. The summed E-state index contributed by atoms with van der Waals surface area (Å²) in [6, 6.07) is 17.0. The number of nitrogens with zero attached hydrogens (tertiary/aromatic N) is 1. The van der Waals surface area contributed by atoms with Crippen LogP contribution >= 0.6 is 23.8 Å². The molecule has 1 saturated carbocycles. The smallest absolute Gasteiger partial charge is 0.173 e. The molecule has 1 aliphatic carbocycles. The van der Waals surface area contributed by atoms with Crippen molar-refractivity contribution in [3.05, 3.63) is 64.7 Å². The zero-order chi connectivity index (χ0) is 17.6. The molecule has 0 heterocycles. The second-order valence-electron chi connectivity index (χ2n) is 6.64. The summed E-state index contributed by atoms with van der Waals surface area (Å²) in [5, 5.41) is 5.02. The highest BCUT2D eigenvalue weighted by Crippen LogP contribution is 2.27. The third-order valence-corrected chi connectivity index (χ3v) is 5.64. The molecule has 1 fully saturated rings. The van der Waals surface area contributed by atoms with Gasteiger partial charge < -0.3 is 10.2 Å². The van der Waals surface area contributed by atoms with E-state index in [-0.39, 0.29) is 0 Å². The van der Waals surface area contributed by atoms with E-state index in [9.17, 15) is 0 Å². The first-order valence-electron chi connectivity index (χ1n) is 9.07. The fourth-order valence-electron chi connectivity index (χ4n) is 3.41. The number of rotatable bonds is 5. The van der Waals surface area contributed by atoms with Crippen molar-refractivity contribution in [3.8, 4) is 0 Å². The van der Waals surface area contributed by atoms with Gasteiger partial charge in [0.15, 0.2) is 5.11 Å². The van der Waals surface area contributed by atoms with Crippen LogP contribution in [0.25, 0.3) is 0 Å². The number of aryl methyl sites for hydroxylation is 1. The Morgan fingerprint density at radius 2 is 1.80 bits per heavy atom. The summed E-state index contributed by atoms with van der Waals surface area (Å²) >= 11 is 12.2. The molecule has 0 aliphatic heterocycles. The number of nitrogens with one attached hydrogen (secondary N) is 1. The average molecular weight is 373 g/mol. The zero-order valence-electron chi connectivity index (χ0n) is 14.7. The molecule has 0 aromatic heterocycles. The molecule has 0 unspecified atom stereocenters. The van der Waals surface area contributed by atoms with E-state index < -0.39 is 0 Å². The topological polar surface area (TPSA) is 15.3 Å². The number of benzene rings is 2. The number of hydrogen-bond donors (Lipinski definition) is 1. The summed E-state index contributed by atoms with van der Waals surface area (Å²) in [5.41, 5.74) is 3.51. The Morgan fingerprint density at radius 1 is 1.12 bits per heavy atom. The van der Waals surface area contributed by atoms with E-state index in [1.54, 1.807) is 0 Å². The Labute approximate surface area is 161 Å². The van der Waals surface area contributed by atoms with E-state index in [4.69, 9.17) is 23.8 Å². The molecule has 1 N–H and O–H groups in total. The molecule has 2 aromatic rings. The van der Waals surface area contributed by atoms with Crippen LogP contribution < -0.4 is 5.32 Å². The van der Waals surface area contributed by atoms with E-state index in [0.29, 0.717) is 6.04 Å². The number of halogens is 1. The van der Waals surface area contributed by atoms with Crippen LogP contribution in [0.15, 0.2) is 48.5 Å². The van der Waals surface area contributed by atoms with E-state index in [2.05, 4.69) is 47.5 Å². The first kappa shape index (κ1) is 18.2. The van der Waals surface area contributed by atoms with Crippen molar-refractivity contribution in [2.24, 2.45) is 0 Å². The van der Waals surface area contributed by atoms with Crippen LogP contribution in [0.3, 0.4) is 0 Å². The Hall–Kier alpha value is -1.58. The summed E-state index contributed by atoms with van der Waals surface area (Å²) in [7, 11) is 0. The average Bonchev–Trinajstić information content (AvgIpc) is 3.16. The van der Waals surface area contributed by atoms with Gasteiger partial charge in [0.05, 0.1) is 0 Å². The van der Waals surface area contributed by atoms with Crippen LogP contribution in [0.5, 0.6) is 0 Å². The van der Waals surface area contributed by atoms with Crippen LogP contribution in [-0.2, 0) is 13.0 Å². The van der Waals surface area contributed by atoms with E-state index in [0.717, 1.165) is 34.4 Å². The predicted octanol–water partition coefficient (Wildman–Crippen LogP) is 6.04. The molecule has 0 bridgehead atoms. The molecular weight excluding hydrogens is 348 g/mol. The van der Waals surface area contributed by atoms with Crippen LogP contribution in [-0.4, -0.2) is 16.1 Å². The first-order chi connectivity index (χ1) is 12.2. The van der Waals surface area contributed by atoms with Gasteiger partial charge in [-0.05, 0) is 60.8 Å². The lowest BCUT2D eigenvalue weighted by Gasteiger charge is -2.32. The maximum absolute atomic E-state index is 6.38. The van der Waals surface area contributed by atoms with Gasteiger partial charge in [-0.3, -0.25) is 0 Å². The Morgan fingerprint density at radius 3 is 2.44 bits per heavy atom. The van der Waals surface area contributed by atoms with Crippen molar-refractivity contribution in [3.63, 3.8) is 0 Å². The first-order valence-corrected chi connectivity index (χ1v) is 9.86. The minimum Gasteiger partial charge on any atom is -0.342 e. The molecule has 4 heteroatoms. The second-order valence-corrected chi connectivity index (χ2v) is 7.43. The molecule has 0 spiro atoms. The third-order valence-electron chi connectivity index (χ3n) is 4.94. The number of thiocarbonyl (C=S) groups is 1. The Kier molecular flexibility index (Phi) is 6.33. The highest BCUT2D eigenvalue weighted by atomic mass is 35.5. The minimum absolute atomic E-state index is 0.492. The summed E-state index contributed by atoms with van der Waals surface area (Å²) in [5.74, 6) is 0. The lowest BCUT2D eigenvalue weighted by atomic mass is 10.1. The molecule has 0 amide bonds. The maximum atomic E-state index is 6.38. The van der Waals surface area contributed by atoms with E-state index in [1.165, 1.54) is 31.2 Å². The molecule has 2 nitrogen and oxygen atoms in total. The summed E-state index contributed by atoms with van der Waals surface area (Å²) in [6.45, 7) is 2.92. The Balaban J connectivity index is 1.75. The molecule has 132 valence electrons. The van der Waals surface area contributed by atoms with Crippen molar-refractivity contribution in [1.82, 2.24) is 4.90 Å². The van der Waals surface area contributed by atoms with Crippen molar-refractivity contribution in [1.29, 1.82) is 0 Å². The minimum atomic E-state index is 0.492. The fraction of sp³-hybridized carbons (Fsp3) is 0.381. The summed E-state index contributed by atoms with van der Waals surface area (Å²) in [6.07, 6.45) is 5.99. The van der Waals surface area contributed by atoms with Gasteiger partial charge in [-0.15, -0.1) is 0 Å². The number of anilines is 1. The lowest BCUT2D eigenvalue weighted by molar-refractivity contribution is 0.312. The molecule has 25 heavy (non-hydrogen) atoms. The zero-order valence-corrected chi connectivity index (χ0v) is 16.2. The van der Waals surface area contributed by atoms with Gasteiger partial charge in [0, 0.05) is 23.3 Å². The highest BCUT2D eigenvalue weighted by Gasteiger charge is 2.25. The molecule has 1 aliphatic rings. The van der Waals surface area contributed by atoms with Gasteiger partial charge in [-0.1, -0.05) is 61.7 Å². The fourth-order valence-corrected chi connectivity index (χ4v) is 3.94. The van der Waals surface area contributed by atoms with Gasteiger partial charge in [0.25, 0.3) is 0 Å². The molecular formula is C21H25ClN2S. The van der Waals surface area contributed by atoms with Gasteiger partial charge >= 0.3 is 0 Å². The number of hydrogen-bond acceptors (Lipinski definition) is 1. The Bertz CT molecular complexity index is 708. The van der Waals surface area contributed by atoms with Gasteiger partial charge in [-0.2, -0.15) is 0 Å². The van der Waals surface area contributed by atoms with Crippen molar-refractivity contribution in [2.45, 2.75) is 51.6 Å². The summed E-state index contributed by atoms with van der Waals surface area (Å²) in [4.78, 5) is 2.32. The van der Waals surface area contributed by atoms with Crippen LogP contribution in [0.4, 0.5) is 5.69 Å². The van der Waals surface area contributed by atoms with Gasteiger partial charge in [0.1, 0.15) is 0 Å². The third kappa shape index (κ3) is 4.74. The van der Waals surface area contributed by atoms with Crippen molar-refractivity contribution < 1.29 is 0 Å². The van der Waals surface area contributed by atoms with Crippen LogP contribution in [0, 0.1) is 0 Å². The molecule has 0 saturated heterocycles. The van der Waals surface area contributed by atoms with Crippen LogP contribution in [0.1, 0.15) is 43.7 Å². The normalized spacial score (nSPS) is 14.5. The predicted molar refractivity (Wildman–Crippen MR) is 111 cm³/mol. The molecule has 0 atom stereocenters. The SMILES string of the molecule is CCc1ccc(NC(=S)N(Cc2ccccc2Cl)C2CCCC2)cc1. The van der Waals surface area contributed by atoms with Crippen LogP contribution in [0.2, 0.25) is 5.02 Å². The standard InChI is InChI=1S/C21H25ClN2S/c1-2-16-11-13-18(14-12-16)23-21(25)24(19-8-4-5-9-19)15-17-7-3-6-10-20(17)22/h3,6-7,10-14,19H,2,4-5,8-9,15H2,1H3,(H,23,25).